The largest absolute Gasteiger partial charge is 0.396 e. The van der Waals surface area contributed by atoms with Crippen LogP contribution in [0.3, 0.4) is 0 Å². The Labute approximate surface area is 85.9 Å². The number of amides is 1. The van der Waals surface area contributed by atoms with Crippen LogP contribution in [0.5, 0.6) is 0 Å². The first kappa shape index (κ1) is 13.4. The molecule has 4 heteroatoms. The fraction of sp³-hybridized carbons (Fsp3) is 0.900. The highest BCUT2D eigenvalue weighted by Gasteiger charge is 2.22. The van der Waals surface area contributed by atoms with Crippen molar-refractivity contribution in [3.05, 3.63) is 0 Å². The van der Waals surface area contributed by atoms with E-state index in [1.807, 2.05) is 20.8 Å². The minimum Gasteiger partial charge on any atom is -0.396 e. The number of hydrogen-bond acceptors (Lipinski definition) is 3. The summed E-state index contributed by atoms with van der Waals surface area (Å²) in [4.78, 5) is 11.3. The maximum Gasteiger partial charge on any atom is 0.221 e. The van der Waals surface area contributed by atoms with Crippen molar-refractivity contribution in [3.8, 4) is 0 Å². The van der Waals surface area contributed by atoms with Gasteiger partial charge in [-0.3, -0.25) is 4.79 Å². The molecule has 0 rings (SSSR count). The average molecular weight is 202 g/mol. The van der Waals surface area contributed by atoms with Gasteiger partial charge in [0.25, 0.3) is 0 Å². The number of rotatable bonds is 5. The summed E-state index contributed by atoms with van der Waals surface area (Å²) >= 11 is 0. The van der Waals surface area contributed by atoms with Gasteiger partial charge >= 0.3 is 0 Å². The first-order valence-corrected chi connectivity index (χ1v) is 5.01. The summed E-state index contributed by atoms with van der Waals surface area (Å²) in [6.45, 7) is 6.66. The van der Waals surface area contributed by atoms with Gasteiger partial charge in [0.15, 0.2) is 0 Å². The van der Waals surface area contributed by atoms with Crippen molar-refractivity contribution in [3.63, 3.8) is 0 Å². The standard InChI is InChI=1S/C10H22N2O2/c1-10(2,3)8(11)7-9(14)12-5-4-6-13/h8,13H,4-7,11H2,1-3H3,(H,12,14). The van der Waals surface area contributed by atoms with Crippen LogP contribution in [0.4, 0.5) is 0 Å². The second-order valence-electron chi connectivity index (χ2n) is 4.60. The van der Waals surface area contributed by atoms with Gasteiger partial charge in [-0.1, -0.05) is 20.8 Å². The maximum absolute atomic E-state index is 11.3. The summed E-state index contributed by atoms with van der Waals surface area (Å²) in [5, 5.41) is 11.2. The van der Waals surface area contributed by atoms with Crippen LogP contribution in [0, 0.1) is 5.41 Å². The zero-order valence-electron chi connectivity index (χ0n) is 9.34. The van der Waals surface area contributed by atoms with E-state index in [0.29, 0.717) is 19.4 Å². The average Bonchev–Trinajstić information content (AvgIpc) is 2.03. The number of nitrogens with two attached hydrogens (primary N) is 1. The number of hydrogen-bond donors (Lipinski definition) is 3. The lowest BCUT2D eigenvalue weighted by Crippen LogP contribution is -2.40. The Kier molecular flexibility index (Phi) is 5.72. The maximum atomic E-state index is 11.3. The Morgan fingerprint density at radius 1 is 1.50 bits per heavy atom. The smallest absolute Gasteiger partial charge is 0.221 e. The van der Waals surface area contributed by atoms with Crippen LogP contribution in [0.1, 0.15) is 33.6 Å². The first-order chi connectivity index (χ1) is 6.38. The third kappa shape index (κ3) is 5.94. The van der Waals surface area contributed by atoms with Gasteiger partial charge in [-0.25, -0.2) is 0 Å². The summed E-state index contributed by atoms with van der Waals surface area (Å²) in [5.41, 5.74) is 5.80. The molecule has 1 atom stereocenters. The van der Waals surface area contributed by atoms with E-state index in [0.717, 1.165) is 0 Å². The predicted molar refractivity (Wildman–Crippen MR) is 56.8 cm³/mol. The molecular weight excluding hydrogens is 180 g/mol. The highest BCUT2D eigenvalue weighted by molar-refractivity contribution is 5.76. The molecule has 0 saturated heterocycles. The molecule has 0 aliphatic heterocycles. The molecule has 0 saturated carbocycles. The lowest BCUT2D eigenvalue weighted by Gasteiger charge is -2.26. The molecule has 1 amide bonds. The summed E-state index contributed by atoms with van der Waals surface area (Å²) in [5.74, 6) is -0.0409. The summed E-state index contributed by atoms with van der Waals surface area (Å²) in [6, 6.07) is -0.128. The zero-order chi connectivity index (χ0) is 11.2. The van der Waals surface area contributed by atoms with Crippen LogP contribution in [0.2, 0.25) is 0 Å². The first-order valence-electron chi connectivity index (χ1n) is 5.01. The van der Waals surface area contributed by atoms with Gasteiger partial charge in [0.05, 0.1) is 0 Å². The van der Waals surface area contributed by atoms with Crippen LogP contribution < -0.4 is 11.1 Å². The molecule has 4 nitrogen and oxygen atoms in total. The van der Waals surface area contributed by atoms with E-state index in [-0.39, 0.29) is 24.0 Å². The molecule has 84 valence electrons. The molecule has 0 radical (unpaired) electrons. The van der Waals surface area contributed by atoms with E-state index < -0.39 is 0 Å². The van der Waals surface area contributed by atoms with E-state index in [2.05, 4.69) is 5.32 Å². The molecule has 0 aromatic heterocycles. The Morgan fingerprint density at radius 2 is 2.07 bits per heavy atom. The molecule has 0 aliphatic carbocycles. The van der Waals surface area contributed by atoms with Crippen LogP contribution >= 0.6 is 0 Å². The molecule has 0 spiro atoms. The van der Waals surface area contributed by atoms with Gasteiger partial charge in [0.1, 0.15) is 0 Å². The molecule has 4 N–H and O–H groups in total. The van der Waals surface area contributed by atoms with Crippen molar-refractivity contribution in [1.82, 2.24) is 5.32 Å². The number of carbonyl (C=O) groups excluding carboxylic acids is 1. The monoisotopic (exact) mass is 202 g/mol. The highest BCUT2D eigenvalue weighted by atomic mass is 16.3. The fourth-order valence-electron chi connectivity index (χ4n) is 0.885. The van der Waals surface area contributed by atoms with Crippen molar-refractivity contribution in [2.45, 2.75) is 39.7 Å². The Bertz CT molecular complexity index is 175. The van der Waals surface area contributed by atoms with Crippen LogP contribution in [-0.2, 0) is 4.79 Å². The van der Waals surface area contributed by atoms with Crippen LogP contribution in [-0.4, -0.2) is 30.2 Å². The van der Waals surface area contributed by atoms with Gasteiger partial charge in [0, 0.05) is 25.6 Å². The molecule has 0 heterocycles. The zero-order valence-corrected chi connectivity index (χ0v) is 9.34. The van der Waals surface area contributed by atoms with Gasteiger partial charge in [-0.15, -0.1) is 0 Å². The number of carbonyl (C=O) groups is 1. The molecule has 0 aliphatic rings. The molecular formula is C10H22N2O2. The third-order valence-electron chi connectivity index (χ3n) is 2.17. The minimum absolute atomic E-state index is 0.0409. The number of aliphatic hydroxyl groups excluding tert-OH is 1. The molecule has 0 bridgehead atoms. The Morgan fingerprint density at radius 3 is 2.50 bits per heavy atom. The predicted octanol–water partition coefficient (Wildman–Crippen LogP) is 0.249. The van der Waals surface area contributed by atoms with E-state index >= 15 is 0 Å². The second kappa shape index (κ2) is 5.98. The lowest BCUT2D eigenvalue weighted by atomic mass is 9.85. The molecule has 14 heavy (non-hydrogen) atoms. The van der Waals surface area contributed by atoms with Gasteiger partial charge in [-0.05, 0) is 11.8 Å². The highest BCUT2D eigenvalue weighted by Crippen LogP contribution is 2.19. The lowest BCUT2D eigenvalue weighted by molar-refractivity contribution is -0.121. The van der Waals surface area contributed by atoms with Crippen molar-refractivity contribution in [2.75, 3.05) is 13.2 Å². The fourth-order valence-corrected chi connectivity index (χ4v) is 0.885. The number of nitrogens with one attached hydrogen (secondary N) is 1. The van der Waals surface area contributed by atoms with Crippen molar-refractivity contribution in [1.29, 1.82) is 0 Å². The normalized spacial score (nSPS) is 13.8. The Hall–Kier alpha value is -0.610. The van der Waals surface area contributed by atoms with Crippen molar-refractivity contribution < 1.29 is 9.90 Å². The van der Waals surface area contributed by atoms with Gasteiger partial charge in [0.2, 0.25) is 5.91 Å². The van der Waals surface area contributed by atoms with Crippen molar-refractivity contribution in [2.24, 2.45) is 11.1 Å². The quantitative estimate of drug-likeness (QED) is 0.559. The number of aliphatic hydroxyl groups is 1. The summed E-state index contributed by atoms with van der Waals surface area (Å²) in [6.07, 6.45) is 0.936. The summed E-state index contributed by atoms with van der Waals surface area (Å²) < 4.78 is 0. The molecule has 0 aromatic rings. The topological polar surface area (TPSA) is 75.4 Å². The molecule has 0 aromatic carbocycles. The van der Waals surface area contributed by atoms with Gasteiger partial charge < -0.3 is 16.2 Å². The Balaban J connectivity index is 3.72. The van der Waals surface area contributed by atoms with E-state index in [1.54, 1.807) is 0 Å². The van der Waals surface area contributed by atoms with Crippen LogP contribution in [0.15, 0.2) is 0 Å². The molecule has 0 fully saturated rings. The minimum atomic E-state index is -0.128. The second-order valence-corrected chi connectivity index (χ2v) is 4.60. The van der Waals surface area contributed by atoms with E-state index in [4.69, 9.17) is 10.8 Å². The van der Waals surface area contributed by atoms with Crippen molar-refractivity contribution >= 4 is 5.91 Å². The van der Waals surface area contributed by atoms with E-state index in [1.165, 1.54) is 0 Å². The SMILES string of the molecule is CC(C)(C)C(N)CC(=O)NCCCO. The summed E-state index contributed by atoms with van der Waals surface area (Å²) in [7, 11) is 0. The third-order valence-corrected chi connectivity index (χ3v) is 2.17. The van der Waals surface area contributed by atoms with Gasteiger partial charge in [-0.2, -0.15) is 0 Å². The van der Waals surface area contributed by atoms with Crippen LogP contribution in [0.25, 0.3) is 0 Å². The van der Waals surface area contributed by atoms with E-state index in [9.17, 15) is 4.79 Å². The molecule has 1 unspecified atom stereocenters.